The van der Waals surface area contributed by atoms with Crippen LogP contribution >= 0.6 is 11.6 Å². The van der Waals surface area contributed by atoms with Crippen molar-refractivity contribution in [3.05, 3.63) is 68.5 Å². The van der Waals surface area contributed by atoms with E-state index >= 15 is 0 Å². The molecule has 2 rings (SSSR count). The lowest BCUT2D eigenvalue weighted by molar-refractivity contribution is -0.384. The minimum atomic E-state index is -0.761. The van der Waals surface area contributed by atoms with E-state index in [1.807, 2.05) is 0 Å². The number of benzene rings is 2. The summed E-state index contributed by atoms with van der Waals surface area (Å²) in [4.78, 5) is 22.2. The van der Waals surface area contributed by atoms with Crippen molar-refractivity contribution < 1.29 is 14.1 Å². The number of nitrogens with zero attached hydrogens (tertiary/aromatic N) is 1. The Morgan fingerprint density at radius 2 is 2.00 bits per heavy atom. The van der Waals surface area contributed by atoms with E-state index in [1.165, 1.54) is 30.3 Å². The van der Waals surface area contributed by atoms with E-state index in [0.717, 1.165) is 6.07 Å². The van der Waals surface area contributed by atoms with Crippen LogP contribution in [-0.2, 0) is 0 Å². The predicted molar refractivity (Wildman–Crippen MR) is 77.2 cm³/mol. The molecular weight excluding hydrogens is 299 g/mol. The van der Waals surface area contributed by atoms with Crippen LogP contribution in [-0.4, -0.2) is 10.8 Å². The quantitative estimate of drug-likeness (QED) is 0.689. The van der Waals surface area contributed by atoms with Crippen molar-refractivity contribution in [2.75, 3.05) is 5.32 Å². The molecule has 0 unspecified atom stereocenters. The molecule has 2 aromatic rings. The molecule has 0 saturated heterocycles. The monoisotopic (exact) mass is 308 g/mol. The van der Waals surface area contributed by atoms with Gasteiger partial charge < -0.3 is 5.32 Å². The summed E-state index contributed by atoms with van der Waals surface area (Å²) in [6, 6.07) is 7.72. The van der Waals surface area contributed by atoms with Crippen LogP contribution in [0.15, 0.2) is 36.4 Å². The first kappa shape index (κ1) is 14.9. The first-order valence-corrected chi connectivity index (χ1v) is 6.27. The van der Waals surface area contributed by atoms with Gasteiger partial charge in [0, 0.05) is 17.2 Å². The smallest absolute Gasteiger partial charge is 0.271 e. The van der Waals surface area contributed by atoms with E-state index in [1.54, 1.807) is 6.92 Å². The molecule has 0 bridgehead atoms. The van der Waals surface area contributed by atoms with E-state index in [2.05, 4.69) is 5.32 Å². The zero-order valence-electron chi connectivity index (χ0n) is 10.9. The van der Waals surface area contributed by atoms with Gasteiger partial charge in [0.25, 0.3) is 11.6 Å². The van der Waals surface area contributed by atoms with Crippen molar-refractivity contribution in [2.24, 2.45) is 0 Å². The molecular formula is C14H10ClFN2O3. The second kappa shape index (κ2) is 5.88. The Balaban J connectivity index is 2.31. The number of nitro groups is 1. The normalized spacial score (nSPS) is 10.2. The minimum absolute atomic E-state index is 0.160. The van der Waals surface area contributed by atoms with Gasteiger partial charge in [0.1, 0.15) is 5.82 Å². The molecule has 5 nitrogen and oxygen atoms in total. The molecule has 1 amide bonds. The topological polar surface area (TPSA) is 72.2 Å². The van der Waals surface area contributed by atoms with Crippen LogP contribution in [0.25, 0.3) is 0 Å². The Labute approximate surface area is 124 Å². The first-order chi connectivity index (χ1) is 9.88. The molecule has 0 aromatic heterocycles. The molecule has 0 spiro atoms. The van der Waals surface area contributed by atoms with Crippen LogP contribution in [0.1, 0.15) is 15.9 Å². The van der Waals surface area contributed by atoms with E-state index in [4.69, 9.17) is 11.6 Å². The van der Waals surface area contributed by atoms with E-state index < -0.39 is 16.6 Å². The van der Waals surface area contributed by atoms with Gasteiger partial charge in [-0.05, 0) is 30.7 Å². The number of carbonyl (C=O) groups excluding carboxylic acids is 1. The maximum atomic E-state index is 13.7. The fourth-order valence-corrected chi connectivity index (χ4v) is 1.88. The van der Waals surface area contributed by atoms with Crippen molar-refractivity contribution in [3.63, 3.8) is 0 Å². The largest absolute Gasteiger partial charge is 0.321 e. The molecule has 7 heteroatoms. The number of nitro benzene ring substituents is 1. The highest BCUT2D eigenvalue weighted by atomic mass is 35.5. The number of amides is 1. The van der Waals surface area contributed by atoms with Crippen LogP contribution in [0.5, 0.6) is 0 Å². The highest BCUT2D eigenvalue weighted by Crippen LogP contribution is 2.23. The first-order valence-electron chi connectivity index (χ1n) is 5.90. The van der Waals surface area contributed by atoms with Gasteiger partial charge in [0.2, 0.25) is 0 Å². The molecule has 0 radical (unpaired) electrons. The lowest BCUT2D eigenvalue weighted by Crippen LogP contribution is -2.14. The lowest BCUT2D eigenvalue weighted by Gasteiger charge is -2.09. The second-order valence-electron chi connectivity index (χ2n) is 4.33. The lowest BCUT2D eigenvalue weighted by atomic mass is 10.1. The van der Waals surface area contributed by atoms with Crippen LogP contribution in [0.4, 0.5) is 15.8 Å². The zero-order chi connectivity index (χ0) is 15.6. The number of non-ortho nitro benzene ring substituents is 1. The average Bonchev–Trinajstić information content (AvgIpc) is 2.40. The van der Waals surface area contributed by atoms with E-state index in [-0.39, 0.29) is 22.0 Å². The van der Waals surface area contributed by atoms with Gasteiger partial charge >= 0.3 is 0 Å². The molecule has 0 atom stereocenters. The van der Waals surface area contributed by atoms with Crippen molar-refractivity contribution in [3.8, 4) is 0 Å². The average molecular weight is 309 g/mol. The van der Waals surface area contributed by atoms with Crippen molar-refractivity contribution >= 4 is 28.9 Å². The highest BCUT2D eigenvalue weighted by Gasteiger charge is 2.15. The van der Waals surface area contributed by atoms with Crippen molar-refractivity contribution in [1.29, 1.82) is 0 Å². The third kappa shape index (κ3) is 3.35. The number of aryl methyl sites for hydroxylation is 1. The van der Waals surface area contributed by atoms with Crippen LogP contribution in [0, 0.1) is 22.9 Å². The van der Waals surface area contributed by atoms with Gasteiger partial charge in [-0.2, -0.15) is 0 Å². The third-order valence-corrected chi connectivity index (χ3v) is 3.09. The highest BCUT2D eigenvalue weighted by molar-refractivity contribution is 6.30. The third-order valence-electron chi connectivity index (χ3n) is 2.86. The van der Waals surface area contributed by atoms with Gasteiger partial charge in [0.15, 0.2) is 0 Å². The van der Waals surface area contributed by atoms with Gasteiger partial charge in [-0.3, -0.25) is 14.9 Å². The predicted octanol–water partition coefficient (Wildman–Crippen LogP) is 3.95. The molecule has 21 heavy (non-hydrogen) atoms. The van der Waals surface area contributed by atoms with Gasteiger partial charge in [-0.15, -0.1) is 0 Å². The van der Waals surface area contributed by atoms with Gasteiger partial charge in [-0.25, -0.2) is 4.39 Å². The number of carbonyl (C=O) groups is 1. The molecule has 0 aliphatic carbocycles. The number of anilines is 1. The van der Waals surface area contributed by atoms with Gasteiger partial charge in [-0.1, -0.05) is 17.7 Å². The van der Waals surface area contributed by atoms with Crippen molar-refractivity contribution in [2.45, 2.75) is 6.92 Å². The standard InChI is InChI=1S/C14H10ClFN2O3/c1-8-2-4-10(18(20)21)7-13(8)17-14(19)11-5-3-9(15)6-12(11)16/h2-7H,1H3,(H,17,19). The number of nitrogens with one attached hydrogen (secondary N) is 1. The Morgan fingerprint density at radius 3 is 2.62 bits per heavy atom. The summed E-state index contributed by atoms with van der Waals surface area (Å²) in [6.07, 6.45) is 0. The Morgan fingerprint density at radius 1 is 1.29 bits per heavy atom. The Hall–Kier alpha value is -2.47. The molecule has 0 heterocycles. The molecule has 108 valence electrons. The number of rotatable bonds is 3. The van der Waals surface area contributed by atoms with E-state index in [9.17, 15) is 19.3 Å². The summed E-state index contributed by atoms with van der Waals surface area (Å²) >= 11 is 5.62. The fourth-order valence-electron chi connectivity index (χ4n) is 1.72. The van der Waals surface area contributed by atoms with Crippen LogP contribution < -0.4 is 5.32 Å². The second-order valence-corrected chi connectivity index (χ2v) is 4.77. The molecule has 0 aliphatic heterocycles. The number of halogens is 2. The molecule has 0 fully saturated rings. The summed E-state index contributed by atoms with van der Waals surface area (Å²) in [7, 11) is 0. The zero-order valence-corrected chi connectivity index (χ0v) is 11.6. The fraction of sp³-hybridized carbons (Fsp3) is 0.0714. The van der Waals surface area contributed by atoms with Crippen LogP contribution in [0.3, 0.4) is 0 Å². The van der Waals surface area contributed by atoms with E-state index in [0.29, 0.717) is 5.56 Å². The SMILES string of the molecule is Cc1ccc([N+](=O)[O-])cc1NC(=O)c1ccc(Cl)cc1F. The maximum Gasteiger partial charge on any atom is 0.271 e. The number of hydrogen-bond acceptors (Lipinski definition) is 3. The van der Waals surface area contributed by atoms with Gasteiger partial charge in [0.05, 0.1) is 16.2 Å². The molecule has 1 N–H and O–H groups in total. The molecule has 2 aromatic carbocycles. The summed E-state index contributed by atoms with van der Waals surface area (Å²) in [6.45, 7) is 1.68. The summed E-state index contributed by atoms with van der Waals surface area (Å²) in [5, 5.41) is 13.4. The summed E-state index contributed by atoms with van der Waals surface area (Å²) < 4.78 is 13.7. The van der Waals surface area contributed by atoms with Crippen molar-refractivity contribution in [1.82, 2.24) is 0 Å². The Kier molecular flexibility index (Phi) is 4.18. The number of hydrogen-bond donors (Lipinski definition) is 1. The molecule has 0 saturated carbocycles. The van der Waals surface area contributed by atoms with Crippen LogP contribution in [0.2, 0.25) is 5.02 Å². The minimum Gasteiger partial charge on any atom is -0.321 e. The Bertz CT molecular complexity index is 734. The summed E-state index contributed by atoms with van der Waals surface area (Å²) in [5.74, 6) is -1.46. The molecule has 0 aliphatic rings. The maximum absolute atomic E-state index is 13.7. The summed E-state index contributed by atoms with van der Waals surface area (Å²) in [5.41, 5.74) is 0.532.